The Morgan fingerprint density at radius 3 is 2.32 bits per heavy atom. The number of fused-ring (bicyclic) bond motifs is 5. The molecule has 4 rings (SSSR count). The van der Waals surface area contributed by atoms with E-state index >= 15 is 0 Å². The largest absolute Gasteiger partial charge is 0.481 e. The van der Waals surface area contributed by atoms with Crippen molar-refractivity contribution in [1.29, 1.82) is 0 Å². The summed E-state index contributed by atoms with van der Waals surface area (Å²) in [6.45, 7) is 19.0. The highest BCUT2D eigenvalue weighted by Crippen LogP contribution is 2.74. The summed E-state index contributed by atoms with van der Waals surface area (Å²) in [5.41, 5.74) is -0.324. The summed E-state index contributed by atoms with van der Waals surface area (Å²) in [5.74, 6) is -1.34. The van der Waals surface area contributed by atoms with Crippen molar-refractivity contribution in [2.75, 3.05) is 0 Å². The fourth-order valence-corrected chi connectivity index (χ4v) is 9.75. The first-order valence-corrected chi connectivity index (χ1v) is 14.3. The number of hydrogen-bond donors (Lipinski definition) is 4. The number of carboxylic acids is 1. The number of aliphatic hydroxyl groups excluding tert-OH is 2. The average molecular weight is 519 g/mol. The topological polar surface area (TPSA) is 107 Å². The smallest absolute Gasteiger partial charge is 0.306 e. The average Bonchev–Trinajstić information content (AvgIpc) is 3.02. The summed E-state index contributed by atoms with van der Waals surface area (Å²) in [6, 6.07) is 0. The van der Waals surface area contributed by atoms with Gasteiger partial charge in [-0.3, -0.25) is 10.1 Å². The van der Waals surface area contributed by atoms with Crippen molar-refractivity contribution < 1.29 is 30.3 Å². The molecule has 9 atom stereocenters. The van der Waals surface area contributed by atoms with E-state index in [1.54, 1.807) is 0 Å². The van der Waals surface area contributed by atoms with Gasteiger partial charge in [0.15, 0.2) is 0 Å². The number of rotatable bonds is 7. The molecule has 3 saturated carbocycles. The molecule has 37 heavy (non-hydrogen) atoms. The predicted molar refractivity (Wildman–Crippen MR) is 144 cm³/mol. The fourth-order valence-electron chi connectivity index (χ4n) is 9.75. The van der Waals surface area contributed by atoms with E-state index in [0.717, 1.165) is 12.0 Å². The maximum Gasteiger partial charge on any atom is 0.306 e. The van der Waals surface area contributed by atoms with Gasteiger partial charge in [-0.25, -0.2) is 4.89 Å². The second kappa shape index (κ2) is 9.18. The summed E-state index contributed by atoms with van der Waals surface area (Å²) in [4.78, 5) is 18.1. The lowest BCUT2D eigenvalue weighted by molar-refractivity contribution is -0.403. The van der Waals surface area contributed by atoms with Gasteiger partial charge in [0, 0.05) is 16.7 Å². The van der Waals surface area contributed by atoms with Gasteiger partial charge in [-0.05, 0) is 74.0 Å². The van der Waals surface area contributed by atoms with Crippen LogP contribution in [-0.4, -0.2) is 44.4 Å². The van der Waals surface area contributed by atoms with Crippen LogP contribution in [-0.2, 0) is 9.68 Å². The van der Waals surface area contributed by atoms with Gasteiger partial charge < -0.3 is 15.3 Å². The molecule has 0 bridgehead atoms. The number of carboxylic acid groups (broad SMARTS) is 1. The number of aliphatic hydroxyl groups is 2. The molecule has 0 aromatic heterocycles. The van der Waals surface area contributed by atoms with Crippen molar-refractivity contribution in [3.05, 3.63) is 23.8 Å². The van der Waals surface area contributed by atoms with Crippen LogP contribution in [0.5, 0.6) is 0 Å². The fraction of sp³-hybridized carbons (Fsp3) is 0.839. The second-order valence-electron chi connectivity index (χ2n) is 14.4. The lowest BCUT2D eigenvalue weighted by Crippen LogP contribution is -2.69. The SMILES string of the molecule is C=C(CCC(C(=O)O)C1[C@H](O)C[C@@]2(C)C3CC[C@@]4(OO)C(C)(C)[C@@H](O)CC[C@]4(C)C3=CC[C@]12C)C(C)C. The molecule has 6 heteroatoms. The molecule has 3 unspecified atom stereocenters. The molecule has 3 fully saturated rings. The minimum atomic E-state index is -0.901. The highest BCUT2D eigenvalue weighted by Gasteiger charge is 2.72. The molecule has 0 amide bonds. The van der Waals surface area contributed by atoms with Crippen LogP contribution in [0.25, 0.3) is 0 Å². The molecular weight excluding hydrogens is 468 g/mol. The quantitative estimate of drug-likeness (QED) is 0.181. The zero-order valence-corrected chi connectivity index (χ0v) is 24.0. The highest BCUT2D eigenvalue weighted by molar-refractivity contribution is 5.71. The van der Waals surface area contributed by atoms with E-state index in [9.17, 15) is 25.4 Å². The van der Waals surface area contributed by atoms with Crippen LogP contribution in [0.15, 0.2) is 23.8 Å². The van der Waals surface area contributed by atoms with Crippen molar-refractivity contribution in [2.45, 2.75) is 118 Å². The zero-order chi connectivity index (χ0) is 27.8. The summed E-state index contributed by atoms with van der Waals surface area (Å²) >= 11 is 0. The Balaban J connectivity index is 1.75. The van der Waals surface area contributed by atoms with E-state index in [0.29, 0.717) is 50.9 Å². The van der Waals surface area contributed by atoms with Crippen LogP contribution >= 0.6 is 0 Å². The lowest BCUT2D eigenvalue weighted by atomic mass is 9.39. The monoisotopic (exact) mass is 518 g/mol. The summed E-state index contributed by atoms with van der Waals surface area (Å²) < 4.78 is 0. The van der Waals surface area contributed by atoms with Crippen LogP contribution in [0, 0.1) is 45.3 Å². The van der Waals surface area contributed by atoms with Crippen molar-refractivity contribution in [1.82, 2.24) is 0 Å². The first-order chi connectivity index (χ1) is 17.0. The van der Waals surface area contributed by atoms with E-state index in [1.165, 1.54) is 5.57 Å². The molecule has 0 radical (unpaired) electrons. The molecule has 4 aliphatic carbocycles. The molecule has 4 N–H and O–H groups in total. The maximum atomic E-state index is 12.6. The summed E-state index contributed by atoms with van der Waals surface area (Å²) in [7, 11) is 0. The van der Waals surface area contributed by atoms with Gasteiger partial charge in [0.25, 0.3) is 0 Å². The minimum absolute atomic E-state index is 0.158. The second-order valence-corrected chi connectivity index (χ2v) is 14.4. The van der Waals surface area contributed by atoms with E-state index in [-0.39, 0.29) is 22.7 Å². The van der Waals surface area contributed by atoms with Gasteiger partial charge in [0.2, 0.25) is 0 Å². The van der Waals surface area contributed by atoms with Crippen LogP contribution in [0.3, 0.4) is 0 Å². The molecule has 0 spiro atoms. The maximum absolute atomic E-state index is 12.6. The van der Waals surface area contributed by atoms with Crippen molar-refractivity contribution >= 4 is 5.97 Å². The predicted octanol–water partition coefficient (Wildman–Crippen LogP) is 6.23. The Morgan fingerprint density at radius 1 is 1.11 bits per heavy atom. The van der Waals surface area contributed by atoms with Gasteiger partial charge in [0.1, 0.15) is 5.60 Å². The summed E-state index contributed by atoms with van der Waals surface area (Å²) in [6.07, 6.45) is 6.18. The summed E-state index contributed by atoms with van der Waals surface area (Å²) in [5, 5.41) is 43.2. The van der Waals surface area contributed by atoms with E-state index in [4.69, 9.17) is 4.89 Å². The first-order valence-electron chi connectivity index (χ1n) is 14.3. The standard InChI is InChI=1S/C31H50O6/c1-18(2)19(3)9-10-20(26(34)35)25-23(32)17-30(8)22-12-16-31(37-36)27(4,5)24(33)13-15-28(31,6)21(22)11-14-29(25,30)7/h11,18,20,22-25,32-33,36H,3,9-10,12-17H2,1-2,4-8H3,(H,34,35)/t20?,22?,23-,24+,25?,28-,29-,30+,31-/m1/s1. The van der Waals surface area contributed by atoms with Gasteiger partial charge >= 0.3 is 5.97 Å². The Labute approximate surface area is 223 Å². The first kappa shape index (κ1) is 28.8. The third-order valence-corrected chi connectivity index (χ3v) is 12.6. The molecule has 0 aromatic rings. The molecule has 0 aliphatic heterocycles. The van der Waals surface area contributed by atoms with Crippen molar-refractivity contribution in [3.63, 3.8) is 0 Å². The van der Waals surface area contributed by atoms with Gasteiger partial charge in [-0.1, -0.05) is 72.3 Å². The molecular formula is C31H50O6. The van der Waals surface area contributed by atoms with Crippen LogP contribution in [0.4, 0.5) is 0 Å². The number of hydrogen-bond acceptors (Lipinski definition) is 5. The Morgan fingerprint density at radius 2 is 1.76 bits per heavy atom. The lowest BCUT2D eigenvalue weighted by Gasteiger charge is -2.67. The highest BCUT2D eigenvalue weighted by atomic mass is 17.1. The number of carbonyl (C=O) groups is 1. The number of allylic oxidation sites excluding steroid dienone is 2. The third-order valence-electron chi connectivity index (χ3n) is 12.6. The van der Waals surface area contributed by atoms with Crippen LogP contribution < -0.4 is 0 Å². The minimum Gasteiger partial charge on any atom is -0.481 e. The van der Waals surface area contributed by atoms with Crippen molar-refractivity contribution in [3.8, 4) is 0 Å². The molecule has 6 nitrogen and oxygen atoms in total. The van der Waals surface area contributed by atoms with E-state index in [1.807, 2.05) is 13.8 Å². The molecule has 210 valence electrons. The molecule has 0 heterocycles. The van der Waals surface area contributed by atoms with E-state index < -0.39 is 40.5 Å². The zero-order valence-electron chi connectivity index (χ0n) is 24.0. The molecule has 0 saturated heterocycles. The normalized spacial score (nSPS) is 45.4. The van der Waals surface area contributed by atoms with Crippen molar-refractivity contribution in [2.24, 2.45) is 45.3 Å². The Bertz CT molecular complexity index is 969. The van der Waals surface area contributed by atoms with Gasteiger partial charge in [-0.15, -0.1) is 0 Å². The molecule has 4 aliphatic rings. The van der Waals surface area contributed by atoms with Gasteiger partial charge in [0.05, 0.1) is 18.1 Å². The molecule has 0 aromatic carbocycles. The van der Waals surface area contributed by atoms with Crippen LogP contribution in [0.1, 0.15) is 99.8 Å². The third kappa shape index (κ3) is 3.68. The van der Waals surface area contributed by atoms with Gasteiger partial charge in [-0.2, -0.15) is 0 Å². The Kier molecular flexibility index (Phi) is 7.14. The van der Waals surface area contributed by atoms with Crippen LogP contribution in [0.2, 0.25) is 0 Å². The van der Waals surface area contributed by atoms with E-state index in [2.05, 4.69) is 47.3 Å². The Hall–Kier alpha value is -1.21. The number of aliphatic carboxylic acids is 1.